The van der Waals surface area contributed by atoms with Crippen LogP contribution in [-0.2, 0) is 21.2 Å². The maximum absolute atomic E-state index is 13.8. The number of aryl methyl sites for hydroxylation is 2. The third kappa shape index (κ3) is 5.35. The molecule has 35 heavy (non-hydrogen) atoms. The van der Waals surface area contributed by atoms with E-state index in [-0.39, 0.29) is 23.4 Å². The number of fused-ring (bicyclic) bond motifs is 1. The molecule has 0 saturated heterocycles. The number of carbonyl (C=O) groups is 1. The summed E-state index contributed by atoms with van der Waals surface area (Å²) in [6.07, 6.45) is 1.21. The smallest absolute Gasteiger partial charge is 0.264 e. The molecular formula is C28H32N2O4S. The Kier molecular flexibility index (Phi) is 6.90. The Morgan fingerprint density at radius 3 is 2.40 bits per heavy atom. The van der Waals surface area contributed by atoms with Crippen LogP contribution >= 0.6 is 0 Å². The number of amides is 1. The Bertz CT molecular complexity index is 1320. The lowest BCUT2D eigenvalue weighted by atomic mass is 9.89. The minimum atomic E-state index is -3.97. The van der Waals surface area contributed by atoms with E-state index >= 15 is 0 Å². The Morgan fingerprint density at radius 1 is 1.03 bits per heavy atom. The minimum Gasteiger partial charge on any atom is -0.487 e. The number of hydrogen-bond donors (Lipinski definition) is 1. The molecule has 1 N–H and O–H groups in total. The molecule has 3 aromatic rings. The highest BCUT2D eigenvalue weighted by atomic mass is 32.2. The molecule has 1 amide bonds. The molecule has 0 radical (unpaired) electrons. The van der Waals surface area contributed by atoms with Crippen LogP contribution in [0.1, 0.15) is 49.9 Å². The van der Waals surface area contributed by atoms with Crippen LogP contribution in [0.5, 0.6) is 5.75 Å². The van der Waals surface area contributed by atoms with Crippen molar-refractivity contribution < 1.29 is 17.9 Å². The average Bonchev–Trinajstić information content (AvgIpc) is 2.82. The van der Waals surface area contributed by atoms with Crippen molar-refractivity contribution >= 4 is 21.6 Å². The van der Waals surface area contributed by atoms with Gasteiger partial charge in [-0.25, -0.2) is 8.42 Å². The maximum atomic E-state index is 13.8. The first-order valence-corrected chi connectivity index (χ1v) is 13.3. The zero-order valence-corrected chi connectivity index (χ0v) is 21.4. The van der Waals surface area contributed by atoms with Gasteiger partial charge in [-0.05, 0) is 57.0 Å². The monoisotopic (exact) mass is 492 g/mol. The first-order chi connectivity index (χ1) is 16.6. The van der Waals surface area contributed by atoms with E-state index < -0.39 is 15.6 Å². The molecule has 3 aromatic carbocycles. The van der Waals surface area contributed by atoms with Crippen molar-refractivity contribution in [1.82, 2.24) is 5.32 Å². The van der Waals surface area contributed by atoms with Gasteiger partial charge in [0, 0.05) is 12.0 Å². The molecule has 0 aliphatic carbocycles. The van der Waals surface area contributed by atoms with Gasteiger partial charge in [-0.2, -0.15) is 0 Å². The van der Waals surface area contributed by atoms with Crippen molar-refractivity contribution in [3.63, 3.8) is 0 Å². The second-order valence-electron chi connectivity index (χ2n) is 9.53. The Morgan fingerprint density at radius 2 is 1.69 bits per heavy atom. The Balaban J connectivity index is 1.68. The van der Waals surface area contributed by atoms with Crippen molar-refractivity contribution in [2.75, 3.05) is 10.8 Å². The van der Waals surface area contributed by atoms with E-state index in [1.165, 1.54) is 4.31 Å². The molecule has 1 heterocycles. The fourth-order valence-electron chi connectivity index (χ4n) is 4.49. The zero-order valence-electron chi connectivity index (χ0n) is 20.6. The summed E-state index contributed by atoms with van der Waals surface area (Å²) >= 11 is 0. The van der Waals surface area contributed by atoms with Crippen molar-refractivity contribution in [1.29, 1.82) is 0 Å². The van der Waals surface area contributed by atoms with Crippen molar-refractivity contribution in [3.8, 4) is 5.75 Å². The second-order valence-corrected chi connectivity index (χ2v) is 11.4. The number of benzene rings is 3. The summed E-state index contributed by atoms with van der Waals surface area (Å²) in [5, 5.41) is 3.08. The number of carbonyl (C=O) groups excluding carboxylic acids is 1. The van der Waals surface area contributed by atoms with Gasteiger partial charge in [0.05, 0.1) is 16.6 Å². The number of anilines is 1. The van der Waals surface area contributed by atoms with Gasteiger partial charge in [-0.1, -0.05) is 61.0 Å². The lowest BCUT2D eigenvalue weighted by molar-refractivity contribution is -0.120. The first kappa shape index (κ1) is 24.8. The molecule has 0 aromatic heterocycles. The highest BCUT2D eigenvalue weighted by molar-refractivity contribution is 7.92. The standard InChI is InChI=1S/C28H32N2O4S/c1-5-21-10-6-8-12-25(21)30(35(32,33)22-16-14-20(2)15-17-22)19-27(31)29-24-18-28(3,4)34-26-13-9-7-11-23(24)26/h6-17,24H,5,18-19H2,1-4H3,(H,29,31). The van der Waals surface area contributed by atoms with Crippen LogP contribution in [0, 0.1) is 6.92 Å². The van der Waals surface area contributed by atoms with E-state index in [2.05, 4.69) is 5.32 Å². The number of nitrogens with one attached hydrogen (secondary N) is 1. The molecule has 4 rings (SSSR count). The average molecular weight is 493 g/mol. The molecule has 0 fully saturated rings. The van der Waals surface area contributed by atoms with Crippen LogP contribution in [0.25, 0.3) is 0 Å². The zero-order chi connectivity index (χ0) is 25.2. The normalized spacial score (nSPS) is 16.6. The first-order valence-electron chi connectivity index (χ1n) is 11.9. The summed E-state index contributed by atoms with van der Waals surface area (Å²) in [7, 11) is -3.97. The SMILES string of the molecule is CCc1ccccc1N(CC(=O)NC1CC(C)(C)Oc2ccccc21)S(=O)(=O)c1ccc(C)cc1. The van der Waals surface area contributed by atoms with Gasteiger partial charge in [0.25, 0.3) is 10.0 Å². The van der Waals surface area contributed by atoms with Crippen LogP contribution in [-0.4, -0.2) is 26.5 Å². The Labute approximate surface area is 208 Å². The number of sulfonamides is 1. The fraction of sp³-hybridized carbons (Fsp3) is 0.321. The highest BCUT2D eigenvalue weighted by Crippen LogP contribution is 2.39. The summed E-state index contributed by atoms with van der Waals surface area (Å²) < 4.78 is 34.8. The van der Waals surface area contributed by atoms with E-state index in [4.69, 9.17) is 4.74 Å². The molecule has 0 saturated carbocycles. The summed E-state index contributed by atoms with van der Waals surface area (Å²) in [6, 6.07) is 21.4. The van der Waals surface area contributed by atoms with E-state index in [0.717, 1.165) is 22.4 Å². The van der Waals surface area contributed by atoms with Crippen molar-refractivity contribution in [2.24, 2.45) is 0 Å². The van der Waals surface area contributed by atoms with Gasteiger partial charge >= 0.3 is 0 Å². The molecule has 1 aliphatic heterocycles. The van der Waals surface area contributed by atoms with Crippen LogP contribution in [0.2, 0.25) is 0 Å². The third-order valence-corrected chi connectivity index (χ3v) is 8.02. The van der Waals surface area contributed by atoms with Crippen LogP contribution in [0.15, 0.2) is 77.7 Å². The molecule has 1 atom stereocenters. The van der Waals surface area contributed by atoms with E-state index in [1.807, 2.05) is 64.1 Å². The third-order valence-electron chi connectivity index (χ3n) is 6.25. The lowest BCUT2D eigenvalue weighted by Gasteiger charge is -2.38. The molecule has 6 nitrogen and oxygen atoms in total. The number of ether oxygens (including phenoxy) is 1. The largest absolute Gasteiger partial charge is 0.487 e. The predicted octanol–water partition coefficient (Wildman–Crippen LogP) is 5.17. The van der Waals surface area contributed by atoms with Crippen LogP contribution in [0.3, 0.4) is 0 Å². The topological polar surface area (TPSA) is 75.7 Å². The van der Waals surface area contributed by atoms with E-state index in [1.54, 1.807) is 36.4 Å². The van der Waals surface area contributed by atoms with Crippen molar-refractivity contribution in [3.05, 3.63) is 89.5 Å². The summed E-state index contributed by atoms with van der Waals surface area (Å²) in [4.78, 5) is 13.5. The van der Waals surface area contributed by atoms with E-state index in [0.29, 0.717) is 18.5 Å². The van der Waals surface area contributed by atoms with Gasteiger partial charge in [0.2, 0.25) is 5.91 Å². The summed E-state index contributed by atoms with van der Waals surface area (Å²) in [5.41, 5.74) is 2.76. The number of rotatable bonds is 7. The predicted molar refractivity (Wildman–Crippen MR) is 138 cm³/mol. The molecule has 184 valence electrons. The van der Waals surface area contributed by atoms with Gasteiger partial charge in [0.1, 0.15) is 17.9 Å². The van der Waals surface area contributed by atoms with Crippen LogP contribution in [0.4, 0.5) is 5.69 Å². The summed E-state index contributed by atoms with van der Waals surface area (Å²) in [5.74, 6) is 0.360. The molecule has 0 bridgehead atoms. The number of hydrogen-bond acceptors (Lipinski definition) is 4. The number of para-hydroxylation sites is 2. The highest BCUT2D eigenvalue weighted by Gasteiger charge is 2.35. The second kappa shape index (κ2) is 9.74. The lowest BCUT2D eigenvalue weighted by Crippen LogP contribution is -2.45. The van der Waals surface area contributed by atoms with E-state index in [9.17, 15) is 13.2 Å². The fourth-order valence-corrected chi connectivity index (χ4v) is 5.95. The van der Waals surface area contributed by atoms with Gasteiger partial charge < -0.3 is 10.1 Å². The summed E-state index contributed by atoms with van der Waals surface area (Å²) in [6.45, 7) is 7.51. The minimum absolute atomic E-state index is 0.152. The quantitative estimate of drug-likeness (QED) is 0.494. The van der Waals surface area contributed by atoms with Gasteiger partial charge in [-0.15, -0.1) is 0 Å². The van der Waals surface area contributed by atoms with Gasteiger partial charge in [-0.3, -0.25) is 9.10 Å². The molecule has 1 unspecified atom stereocenters. The number of nitrogens with zero attached hydrogens (tertiary/aromatic N) is 1. The molecule has 0 spiro atoms. The molecule has 7 heteroatoms. The van der Waals surface area contributed by atoms with Gasteiger partial charge in [0.15, 0.2) is 0 Å². The molecular weight excluding hydrogens is 460 g/mol. The Hall–Kier alpha value is -3.32. The maximum Gasteiger partial charge on any atom is 0.264 e. The van der Waals surface area contributed by atoms with Crippen molar-refractivity contribution in [2.45, 2.75) is 57.1 Å². The van der Waals surface area contributed by atoms with Crippen LogP contribution < -0.4 is 14.4 Å². The molecule has 1 aliphatic rings.